The van der Waals surface area contributed by atoms with Gasteiger partial charge in [-0.05, 0) is 6.07 Å². The van der Waals surface area contributed by atoms with E-state index in [4.69, 9.17) is 22.1 Å². The number of nitrogens with two attached hydrogens (primary N) is 1. The van der Waals surface area contributed by atoms with E-state index in [0.717, 1.165) is 11.3 Å². The van der Waals surface area contributed by atoms with Gasteiger partial charge in [0.05, 0.1) is 6.61 Å². The van der Waals surface area contributed by atoms with E-state index in [2.05, 4.69) is 15.3 Å². The lowest BCUT2D eigenvalue weighted by Gasteiger charge is -2.12. The van der Waals surface area contributed by atoms with Crippen molar-refractivity contribution in [1.29, 1.82) is 0 Å². The molecule has 2 aromatic rings. The zero-order chi connectivity index (χ0) is 13.0. The summed E-state index contributed by atoms with van der Waals surface area (Å²) in [4.78, 5) is 7.87. The molecule has 0 amide bonds. The largest absolute Gasteiger partial charge is 0.382 e. The molecule has 0 saturated carbocycles. The van der Waals surface area contributed by atoms with Gasteiger partial charge in [-0.15, -0.1) is 0 Å². The monoisotopic (exact) mass is 264 g/mol. The number of anilines is 3. The third-order valence-electron chi connectivity index (χ3n) is 2.39. The lowest BCUT2D eigenvalue weighted by molar-refractivity contribution is 0.185. The zero-order valence-electron chi connectivity index (χ0n) is 9.85. The summed E-state index contributed by atoms with van der Waals surface area (Å²) in [5, 5.41) is 3.43. The van der Waals surface area contributed by atoms with Crippen LogP contribution in [-0.4, -0.2) is 17.1 Å². The maximum atomic E-state index is 6.03. The van der Waals surface area contributed by atoms with Crippen LogP contribution < -0.4 is 11.1 Å². The number of nitrogens with one attached hydrogen (secondary N) is 1. The van der Waals surface area contributed by atoms with Crippen molar-refractivity contribution < 1.29 is 4.74 Å². The molecule has 6 heteroatoms. The van der Waals surface area contributed by atoms with Crippen LogP contribution >= 0.6 is 11.6 Å². The molecule has 1 heterocycles. The number of methoxy groups -OCH3 is 1. The van der Waals surface area contributed by atoms with Crippen LogP contribution in [0, 0.1) is 0 Å². The number of hydrogen-bond acceptors (Lipinski definition) is 5. The first-order valence-electron chi connectivity index (χ1n) is 5.32. The Labute approximate surface area is 110 Å². The minimum absolute atomic E-state index is 0.249. The SMILES string of the molecule is COCc1ccccc1Nc1ncnc(N)c1Cl. The maximum Gasteiger partial charge on any atom is 0.154 e. The molecule has 94 valence electrons. The highest BCUT2D eigenvalue weighted by atomic mass is 35.5. The molecule has 0 atom stereocenters. The van der Waals surface area contributed by atoms with Crippen molar-refractivity contribution in [2.75, 3.05) is 18.2 Å². The Morgan fingerprint density at radius 1 is 1.33 bits per heavy atom. The van der Waals surface area contributed by atoms with Gasteiger partial charge >= 0.3 is 0 Å². The average Bonchev–Trinajstić information content (AvgIpc) is 2.37. The Hall–Kier alpha value is -1.85. The summed E-state index contributed by atoms with van der Waals surface area (Å²) in [6.45, 7) is 0.501. The molecular weight excluding hydrogens is 252 g/mol. The Balaban J connectivity index is 2.31. The minimum Gasteiger partial charge on any atom is -0.382 e. The Morgan fingerprint density at radius 3 is 2.89 bits per heavy atom. The van der Waals surface area contributed by atoms with Crippen LogP contribution in [0.4, 0.5) is 17.3 Å². The van der Waals surface area contributed by atoms with Crippen molar-refractivity contribution in [3.05, 3.63) is 41.2 Å². The van der Waals surface area contributed by atoms with Gasteiger partial charge in [-0.2, -0.15) is 0 Å². The summed E-state index contributed by atoms with van der Waals surface area (Å²) in [6, 6.07) is 7.74. The molecule has 0 saturated heterocycles. The van der Waals surface area contributed by atoms with Crippen molar-refractivity contribution in [2.45, 2.75) is 6.61 Å². The number of rotatable bonds is 4. The second kappa shape index (κ2) is 5.66. The van der Waals surface area contributed by atoms with E-state index in [1.54, 1.807) is 7.11 Å². The van der Waals surface area contributed by atoms with E-state index in [1.807, 2.05) is 24.3 Å². The molecule has 5 nitrogen and oxygen atoms in total. The van der Waals surface area contributed by atoms with E-state index in [9.17, 15) is 0 Å². The summed E-state index contributed by atoms with van der Waals surface area (Å²) >= 11 is 6.03. The first kappa shape index (κ1) is 12.6. The number of ether oxygens (including phenoxy) is 1. The van der Waals surface area contributed by atoms with Gasteiger partial charge < -0.3 is 15.8 Å². The van der Waals surface area contributed by atoms with Crippen LogP contribution in [0.5, 0.6) is 0 Å². The third-order valence-corrected chi connectivity index (χ3v) is 2.76. The second-order valence-electron chi connectivity index (χ2n) is 3.64. The second-order valence-corrected chi connectivity index (χ2v) is 4.01. The van der Waals surface area contributed by atoms with E-state index < -0.39 is 0 Å². The summed E-state index contributed by atoms with van der Waals surface area (Å²) in [7, 11) is 1.65. The summed E-state index contributed by atoms with van der Waals surface area (Å²) in [6.07, 6.45) is 1.36. The van der Waals surface area contributed by atoms with Gasteiger partial charge in [0, 0.05) is 18.4 Å². The molecule has 2 rings (SSSR count). The van der Waals surface area contributed by atoms with Crippen molar-refractivity contribution in [1.82, 2.24) is 9.97 Å². The number of benzene rings is 1. The molecule has 0 unspecified atom stereocenters. The number of hydrogen-bond donors (Lipinski definition) is 2. The molecule has 1 aromatic heterocycles. The fraction of sp³-hybridized carbons (Fsp3) is 0.167. The quantitative estimate of drug-likeness (QED) is 0.888. The molecule has 0 spiro atoms. The van der Waals surface area contributed by atoms with Crippen molar-refractivity contribution in [3.63, 3.8) is 0 Å². The summed E-state index contributed by atoms with van der Waals surface area (Å²) in [5.74, 6) is 0.728. The molecular formula is C12H13ClN4O. The Kier molecular flexibility index (Phi) is 3.96. The minimum atomic E-state index is 0.249. The zero-order valence-corrected chi connectivity index (χ0v) is 10.6. The van der Waals surface area contributed by atoms with E-state index >= 15 is 0 Å². The fourth-order valence-electron chi connectivity index (χ4n) is 1.52. The molecule has 0 fully saturated rings. The van der Waals surface area contributed by atoms with Gasteiger partial charge in [0.25, 0.3) is 0 Å². The number of aromatic nitrogens is 2. The third kappa shape index (κ3) is 2.69. The predicted molar refractivity (Wildman–Crippen MR) is 71.9 cm³/mol. The van der Waals surface area contributed by atoms with Gasteiger partial charge in [-0.1, -0.05) is 29.8 Å². The first-order chi connectivity index (χ1) is 8.72. The van der Waals surface area contributed by atoms with Gasteiger partial charge in [0.1, 0.15) is 17.2 Å². The predicted octanol–water partition coefficient (Wildman–Crippen LogP) is 2.60. The van der Waals surface area contributed by atoms with Gasteiger partial charge in [-0.25, -0.2) is 9.97 Å². The van der Waals surface area contributed by atoms with E-state index in [1.165, 1.54) is 6.33 Å². The highest BCUT2D eigenvalue weighted by Crippen LogP contribution is 2.28. The Bertz CT molecular complexity index is 547. The van der Waals surface area contributed by atoms with Crippen molar-refractivity contribution >= 4 is 28.9 Å². The summed E-state index contributed by atoms with van der Waals surface area (Å²) < 4.78 is 5.13. The van der Waals surface area contributed by atoms with Crippen molar-refractivity contribution in [2.24, 2.45) is 0 Å². The lowest BCUT2D eigenvalue weighted by atomic mass is 10.2. The molecule has 0 aliphatic rings. The first-order valence-corrected chi connectivity index (χ1v) is 5.70. The van der Waals surface area contributed by atoms with E-state index in [-0.39, 0.29) is 5.82 Å². The fourth-order valence-corrected chi connectivity index (χ4v) is 1.67. The highest BCUT2D eigenvalue weighted by molar-refractivity contribution is 6.35. The summed E-state index contributed by atoms with van der Waals surface area (Å²) in [5.41, 5.74) is 7.51. The molecule has 0 aliphatic carbocycles. The Morgan fingerprint density at radius 2 is 2.11 bits per heavy atom. The van der Waals surface area contributed by atoms with Crippen LogP contribution in [0.1, 0.15) is 5.56 Å². The lowest BCUT2D eigenvalue weighted by Crippen LogP contribution is -2.02. The molecule has 1 aromatic carbocycles. The molecule has 3 N–H and O–H groups in total. The van der Waals surface area contributed by atoms with Crippen LogP contribution in [0.2, 0.25) is 5.02 Å². The molecule has 0 aliphatic heterocycles. The highest BCUT2D eigenvalue weighted by Gasteiger charge is 2.08. The van der Waals surface area contributed by atoms with Gasteiger partial charge in [-0.3, -0.25) is 0 Å². The number of halogens is 1. The smallest absolute Gasteiger partial charge is 0.154 e. The molecule has 0 radical (unpaired) electrons. The topological polar surface area (TPSA) is 73.1 Å². The number of para-hydroxylation sites is 1. The maximum absolute atomic E-state index is 6.03. The van der Waals surface area contributed by atoms with Gasteiger partial charge in [0.2, 0.25) is 0 Å². The van der Waals surface area contributed by atoms with E-state index in [0.29, 0.717) is 17.4 Å². The van der Waals surface area contributed by atoms with Crippen LogP contribution in [-0.2, 0) is 11.3 Å². The normalized spacial score (nSPS) is 10.3. The molecule has 0 bridgehead atoms. The molecule has 18 heavy (non-hydrogen) atoms. The number of nitrogen functional groups attached to an aromatic ring is 1. The van der Waals surface area contributed by atoms with Crippen LogP contribution in [0.15, 0.2) is 30.6 Å². The average molecular weight is 265 g/mol. The van der Waals surface area contributed by atoms with Crippen LogP contribution in [0.3, 0.4) is 0 Å². The standard InChI is InChI=1S/C12H13ClN4O/c1-18-6-8-4-2-3-5-9(8)17-12-10(13)11(14)15-7-16-12/h2-5,7H,6H2,1H3,(H3,14,15,16,17). The van der Waals surface area contributed by atoms with Crippen LogP contribution in [0.25, 0.3) is 0 Å². The van der Waals surface area contributed by atoms with Gasteiger partial charge in [0.15, 0.2) is 5.82 Å². The van der Waals surface area contributed by atoms with Crippen molar-refractivity contribution in [3.8, 4) is 0 Å². The number of nitrogens with zero attached hydrogens (tertiary/aromatic N) is 2.